The molecule has 0 aromatic heterocycles. The Balaban J connectivity index is 1.81. The number of nitrogens with one attached hydrogen (secondary N) is 1. The molecule has 1 aliphatic rings. The van der Waals surface area contributed by atoms with Gasteiger partial charge in [-0.3, -0.25) is 0 Å². The van der Waals surface area contributed by atoms with E-state index in [9.17, 15) is 0 Å². The van der Waals surface area contributed by atoms with E-state index in [-0.39, 0.29) is 0 Å². The molecule has 1 aliphatic carbocycles. The molecule has 0 saturated heterocycles. The van der Waals surface area contributed by atoms with Gasteiger partial charge in [-0.15, -0.1) is 11.6 Å². The molecular formula is C15H21ClIN. The minimum absolute atomic E-state index is 0.350. The van der Waals surface area contributed by atoms with Crippen molar-refractivity contribution in [3.63, 3.8) is 0 Å². The molecule has 0 heterocycles. The second-order valence-corrected chi connectivity index (χ2v) is 6.94. The van der Waals surface area contributed by atoms with Gasteiger partial charge in [0.25, 0.3) is 0 Å². The van der Waals surface area contributed by atoms with Gasteiger partial charge >= 0.3 is 0 Å². The van der Waals surface area contributed by atoms with E-state index in [1.807, 2.05) is 0 Å². The Morgan fingerprint density at radius 1 is 1.11 bits per heavy atom. The third kappa shape index (κ3) is 4.10. The second-order valence-electron chi connectivity index (χ2n) is 5.42. The first-order valence-corrected chi connectivity index (χ1v) is 8.37. The van der Waals surface area contributed by atoms with Crippen LogP contribution in [0, 0.1) is 8.99 Å². The van der Waals surface area contributed by atoms with Gasteiger partial charge in [-0.05, 0) is 58.5 Å². The highest BCUT2D eigenvalue weighted by molar-refractivity contribution is 14.1. The number of benzene rings is 1. The molecule has 0 unspecified atom stereocenters. The lowest BCUT2D eigenvalue weighted by atomic mass is 9.75. The van der Waals surface area contributed by atoms with Gasteiger partial charge in [-0.25, -0.2) is 0 Å². The Morgan fingerprint density at radius 3 is 2.39 bits per heavy atom. The normalized spacial score (nSPS) is 18.8. The summed E-state index contributed by atoms with van der Waals surface area (Å²) in [5, 5.41) is 3.60. The van der Waals surface area contributed by atoms with Crippen LogP contribution in [0.4, 0.5) is 0 Å². The highest BCUT2D eigenvalue weighted by Gasteiger charge is 2.30. The molecule has 0 spiro atoms. The molecule has 0 radical (unpaired) electrons. The first-order chi connectivity index (χ1) is 8.74. The minimum Gasteiger partial charge on any atom is -0.312 e. The Morgan fingerprint density at radius 2 is 1.78 bits per heavy atom. The van der Waals surface area contributed by atoms with Crippen molar-refractivity contribution >= 4 is 34.2 Å². The van der Waals surface area contributed by atoms with Crippen LogP contribution in [0.25, 0.3) is 0 Å². The van der Waals surface area contributed by atoms with E-state index >= 15 is 0 Å². The molecule has 0 atom stereocenters. The highest BCUT2D eigenvalue weighted by Crippen LogP contribution is 2.36. The maximum atomic E-state index is 6.20. The number of halogens is 2. The fourth-order valence-electron chi connectivity index (χ4n) is 2.73. The number of hydrogen-bond acceptors (Lipinski definition) is 1. The molecular weight excluding hydrogens is 357 g/mol. The lowest BCUT2D eigenvalue weighted by Crippen LogP contribution is -2.37. The standard InChI is InChI=1S/C15H21ClIN/c16-11-15(8-2-1-3-9-15)12-18-10-13-4-6-14(17)7-5-13/h4-7,18H,1-3,8-12H2. The van der Waals surface area contributed by atoms with Crippen LogP contribution in [0.1, 0.15) is 37.7 Å². The monoisotopic (exact) mass is 377 g/mol. The van der Waals surface area contributed by atoms with E-state index in [4.69, 9.17) is 11.6 Å². The molecule has 1 aromatic rings. The lowest BCUT2D eigenvalue weighted by molar-refractivity contribution is 0.212. The Hall–Kier alpha value is 0.200. The summed E-state index contributed by atoms with van der Waals surface area (Å²) in [6.45, 7) is 2.01. The van der Waals surface area contributed by atoms with Gasteiger partial charge in [0, 0.05) is 22.5 Å². The summed E-state index contributed by atoms with van der Waals surface area (Å²) in [5.74, 6) is 0.798. The van der Waals surface area contributed by atoms with Gasteiger partial charge in [0.1, 0.15) is 0 Å². The fourth-order valence-corrected chi connectivity index (χ4v) is 3.46. The third-order valence-corrected chi connectivity index (χ3v) is 5.23. The maximum absolute atomic E-state index is 6.20. The van der Waals surface area contributed by atoms with Crippen molar-refractivity contribution < 1.29 is 0 Å². The molecule has 18 heavy (non-hydrogen) atoms. The Bertz CT molecular complexity index is 357. The molecule has 3 heteroatoms. The van der Waals surface area contributed by atoms with Gasteiger partial charge in [-0.1, -0.05) is 31.4 Å². The van der Waals surface area contributed by atoms with Crippen molar-refractivity contribution in [3.8, 4) is 0 Å². The highest BCUT2D eigenvalue weighted by atomic mass is 127. The van der Waals surface area contributed by atoms with Crippen molar-refractivity contribution in [1.82, 2.24) is 5.32 Å². The van der Waals surface area contributed by atoms with Crippen molar-refractivity contribution in [1.29, 1.82) is 0 Å². The summed E-state index contributed by atoms with van der Waals surface area (Å²) in [6, 6.07) is 8.72. The van der Waals surface area contributed by atoms with E-state index in [2.05, 4.69) is 52.2 Å². The van der Waals surface area contributed by atoms with Crippen LogP contribution in [0.5, 0.6) is 0 Å². The average molecular weight is 378 g/mol. The van der Waals surface area contributed by atoms with Crippen molar-refractivity contribution in [3.05, 3.63) is 33.4 Å². The van der Waals surface area contributed by atoms with Gasteiger partial charge in [0.15, 0.2) is 0 Å². The Labute approximate surface area is 129 Å². The van der Waals surface area contributed by atoms with Gasteiger partial charge in [0.05, 0.1) is 0 Å². The van der Waals surface area contributed by atoms with Crippen LogP contribution in [0.2, 0.25) is 0 Å². The van der Waals surface area contributed by atoms with Gasteiger partial charge in [0.2, 0.25) is 0 Å². The van der Waals surface area contributed by atoms with Gasteiger partial charge in [-0.2, -0.15) is 0 Å². The zero-order chi connectivity index (χ0) is 12.8. The number of alkyl halides is 1. The van der Waals surface area contributed by atoms with E-state index in [1.54, 1.807) is 0 Å². The van der Waals surface area contributed by atoms with Crippen LogP contribution < -0.4 is 5.32 Å². The number of hydrogen-bond donors (Lipinski definition) is 1. The summed E-state index contributed by atoms with van der Waals surface area (Å²) < 4.78 is 1.29. The molecule has 0 aliphatic heterocycles. The molecule has 2 rings (SSSR count). The first kappa shape index (κ1) is 14.6. The SMILES string of the molecule is ClCC1(CNCc2ccc(I)cc2)CCCCC1. The predicted molar refractivity (Wildman–Crippen MR) is 87.1 cm³/mol. The summed E-state index contributed by atoms with van der Waals surface area (Å²) in [5.41, 5.74) is 1.71. The van der Waals surface area contributed by atoms with E-state index < -0.39 is 0 Å². The zero-order valence-electron chi connectivity index (χ0n) is 10.7. The molecule has 1 aromatic carbocycles. The van der Waals surface area contributed by atoms with Crippen molar-refractivity contribution in [2.24, 2.45) is 5.41 Å². The van der Waals surface area contributed by atoms with E-state index in [1.165, 1.54) is 41.2 Å². The lowest BCUT2D eigenvalue weighted by Gasteiger charge is -2.35. The van der Waals surface area contributed by atoms with Crippen LogP contribution in [0.15, 0.2) is 24.3 Å². The molecule has 1 fully saturated rings. The van der Waals surface area contributed by atoms with Crippen molar-refractivity contribution in [2.45, 2.75) is 38.6 Å². The van der Waals surface area contributed by atoms with Crippen LogP contribution in [0.3, 0.4) is 0 Å². The van der Waals surface area contributed by atoms with E-state index in [0.717, 1.165) is 19.0 Å². The largest absolute Gasteiger partial charge is 0.312 e. The molecule has 100 valence electrons. The predicted octanol–water partition coefficient (Wildman–Crippen LogP) is 4.57. The van der Waals surface area contributed by atoms with Crippen LogP contribution in [-0.2, 0) is 6.54 Å². The quantitative estimate of drug-likeness (QED) is 0.585. The fraction of sp³-hybridized carbons (Fsp3) is 0.600. The van der Waals surface area contributed by atoms with Crippen LogP contribution in [-0.4, -0.2) is 12.4 Å². The van der Waals surface area contributed by atoms with Crippen molar-refractivity contribution in [2.75, 3.05) is 12.4 Å². The number of rotatable bonds is 5. The average Bonchev–Trinajstić information content (AvgIpc) is 2.42. The summed E-state index contributed by atoms with van der Waals surface area (Å²) in [6.07, 6.45) is 6.65. The Kier molecular flexibility index (Phi) is 5.77. The molecule has 1 saturated carbocycles. The van der Waals surface area contributed by atoms with E-state index in [0.29, 0.717) is 5.41 Å². The second kappa shape index (κ2) is 7.11. The first-order valence-electron chi connectivity index (χ1n) is 6.75. The maximum Gasteiger partial charge on any atom is 0.0292 e. The minimum atomic E-state index is 0.350. The summed E-state index contributed by atoms with van der Waals surface area (Å²) in [7, 11) is 0. The summed E-state index contributed by atoms with van der Waals surface area (Å²) in [4.78, 5) is 0. The molecule has 0 amide bonds. The van der Waals surface area contributed by atoms with Gasteiger partial charge < -0.3 is 5.32 Å². The van der Waals surface area contributed by atoms with Crippen LogP contribution >= 0.6 is 34.2 Å². The smallest absolute Gasteiger partial charge is 0.0292 e. The molecule has 0 bridgehead atoms. The molecule has 1 N–H and O–H groups in total. The third-order valence-electron chi connectivity index (χ3n) is 3.94. The molecule has 1 nitrogen and oxygen atoms in total. The summed E-state index contributed by atoms with van der Waals surface area (Å²) >= 11 is 8.54. The zero-order valence-corrected chi connectivity index (χ0v) is 13.6. The topological polar surface area (TPSA) is 12.0 Å².